The predicted molar refractivity (Wildman–Crippen MR) is 48.2 cm³/mol. The molecule has 0 atom stereocenters. The van der Waals surface area contributed by atoms with Gasteiger partial charge in [0.1, 0.15) is 0 Å². The molecule has 1 aliphatic rings. The van der Waals surface area contributed by atoms with E-state index in [1.165, 1.54) is 0 Å². The van der Waals surface area contributed by atoms with Crippen LogP contribution in [-0.4, -0.2) is 28.2 Å². The Kier molecular flexibility index (Phi) is 2.37. The number of aromatic nitrogens is 2. The number of hydrogen-bond donors (Lipinski definition) is 3. The smallest absolute Gasteiger partial charge is 0.222 e. The standard InChI is InChI=1S/C8H12N4O/c13-2-1-10-8-11-4-6-3-9-5-7(6)12-8/h4,9,13H,1-3,5H2,(H,10,11,12). The zero-order valence-electron chi connectivity index (χ0n) is 7.25. The minimum atomic E-state index is 0.0959. The minimum absolute atomic E-state index is 0.0959. The van der Waals surface area contributed by atoms with Gasteiger partial charge in [0.15, 0.2) is 0 Å². The first-order valence-electron chi connectivity index (χ1n) is 4.30. The average molecular weight is 180 g/mol. The van der Waals surface area contributed by atoms with E-state index in [1.807, 2.05) is 6.20 Å². The molecule has 3 N–H and O–H groups in total. The largest absolute Gasteiger partial charge is 0.395 e. The van der Waals surface area contributed by atoms with Crippen LogP contribution >= 0.6 is 0 Å². The normalized spacial score (nSPS) is 14.2. The number of hydrogen-bond acceptors (Lipinski definition) is 5. The second-order valence-corrected chi connectivity index (χ2v) is 2.92. The number of aliphatic hydroxyl groups excluding tert-OH is 1. The zero-order valence-corrected chi connectivity index (χ0v) is 7.25. The van der Waals surface area contributed by atoms with Crippen LogP contribution in [0.5, 0.6) is 0 Å². The number of anilines is 1. The van der Waals surface area contributed by atoms with Gasteiger partial charge in [0.05, 0.1) is 12.3 Å². The molecule has 1 aromatic rings. The van der Waals surface area contributed by atoms with Gasteiger partial charge in [-0.25, -0.2) is 9.97 Å². The summed E-state index contributed by atoms with van der Waals surface area (Å²) in [5, 5.41) is 14.7. The van der Waals surface area contributed by atoms with Crippen molar-refractivity contribution < 1.29 is 5.11 Å². The summed E-state index contributed by atoms with van der Waals surface area (Å²) < 4.78 is 0. The van der Waals surface area contributed by atoms with Crippen molar-refractivity contribution in [2.24, 2.45) is 0 Å². The van der Waals surface area contributed by atoms with Crippen LogP contribution in [0.1, 0.15) is 11.3 Å². The molecule has 0 fully saturated rings. The molecule has 1 aliphatic heterocycles. The maximum Gasteiger partial charge on any atom is 0.222 e. The van der Waals surface area contributed by atoms with E-state index in [0.717, 1.165) is 24.3 Å². The van der Waals surface area contributed by atoms with Crippen molar-refractivity contribution in [2.45, 2.75) is 13.1 Å². The molecule has 5 heteroatoms. The average Bonchev–Trinajstić information content (AvgIpc) is 2.61. The van der Waals surface area contributed by atoms with E-state index >= 15 is 0 Å². The van der Waals surface area contributed by atoms with E-state index in [2.05, 4.69) is 20.6 Å². The second kappa shape index (κ2) is 3.68. The molecule has 0 radical (unpaired) electrons. The maximum atomic E-state index is 8.59. The molecule has 0 aromatic carbocycles. The van der Waals surface area contributed by atoms with E-state index < -0.39 is 0 Å². The molecule has 0 spiro atoms. The van der Waals surface area contributed by atoms with E-state index in [9.17, 15) is 0 Å². The van der Waals surface area contributed by atoms with Gasteiger partial charge in [-0.1, -0.05) is 0 Å². The Morgan fingerprint density at radius 2 is 2.46 bits per heavy atom. The molecule has 0 unspecified atom stereocenters. The molecule has 5 nitrogen and oxygen atoms in total. The molecule has 2 heterocycles. The van der Waals surface area contributed by atoms with Gasteiger partial charge in [-0.05, 0) is 0 Å². The van der Waals surface area contributed by atoms with Crippen molar-refractivity contribution >= 4 is 5.95 Å². The molecule has 0 bridgehead atoms. The molecule has 0 saturated carbocycles. The summed E-state index contributed by atoms with van der Waals surface area (Å²) in [6.45, 7) is 2.26. The Labute approximate surface area is 76.2 Å². The lowest BCUT2D eigenvalue weighted by molar-refractivity contribution is 0.311. The van der Waals surface area contributed by atoms with Crippen molar-refractivity contribution in [3.05, 3.63) is 17.5 Å². The van der Waals surface area contributed by atoms with Crippen LogP contribution in [0.2, 0.25) is 0 Å². The maximum absolute atomic E-state index is 8.59. The van der Waals surface area contributed by atoms with E-state index in [1.54, 1.807) is 0 Å². The summed E-state index contributed by atoms with van der Waals surface area (Å²) in [6.07, 6.45) is 1.82. The van der Waals surface area contributed by atoms with Crippen molar-refractivity contribution in [1.82, 2.24) is 15.3 Å². The number of nitrogens with one attached hydrogen (secondary N) is 2. The fourth-order valence-corrected chi connectivity index (χ4v) is 1.31. The van der Waals surface area contributed by atoms with Crippen LogP contribution in [0, 0.1) is 0 Å². The molecular weight excluding hydrogens is 168 g/mol. The summed E-state index contributed by atoms with van der Waals surface area (Å²) in [5.74, 6) is 0.594. The lowest BCUT2D eigenvalue weighted by Gasteiger charge is -2.03. The summed E-state index contributed by atoms with van der Waals surface area (Å²) in [6, 6.07) is 0. The molecule has 0 amide bonds. The monoisotopic (exact) mass is 180 g/mol. The summed E-state index contributed by atoms with van der Waals surface area (Å²) in [4.78, 5) is 8.41. The van der Waals surface area contributed by atoms with Gasteiger partial charge >= 0.3 is 0 Å². The van der Waals surface area contributed by atoms with E-state index in [0.29, 0.717) is 12.5 Å². The van der Waals surface area contributed by atoms with Gasteiger partial charge in [0, 0.05) is 31.4 Å². The first kappa shape index (κ1) is 8.40. The molecule has 70 valence electrons. The molecule has 2 rings (SSSR count). The number of aliphatic hydroxyl groups is 1. The van der Waals surface area contributed by atoms with Crippen molar-refractivity contribution in [3.8, 4) is 0 Å². The first-order chi connectivity index (χ1) is 6.40. The Hall–Kier alpha value is -1.20. The second-order valence-electron chi connectivity index (χ2n) is 2.92. The summed E-state index contributed by atoms with van der Waals surface area (Å²) >= 11 is 0. The van der Waals surface area contributed by atoms with Crippen LogP contribution in [0.25, 0.3) is 0 Å². The molecule has 0 aliphatic carbocycles. The highest BCUT2D eigenvalue weighted by Crippen LogP contribution is 2.12. The third-order valence-corrected chi connectivity index (χ3v) is 1.96. The highest BCUT2D eigenvalue weighted by molar-refractivity contribution is 5.31. The first-order valence-corrected chi connectivity index (χ1v) is 4.30. The highest BCUT2D eigenvalue weighted by atomic mass is 16.3. The number of nitrogens with zero attached hydrogens (tertiary/aromatic N) is 2. The zero-order chi connectivity index (χ0) is 9.10. The molecule has 13 heavy (non-hydrogen) atoms. The highest BCUT2D eigenvalue weighted by Gasteiger charge is 2.11. The van der Waals surface area contributed by atoms with Crippen LogP contribution < -0.4 is 10.6 Å². The van der Waals surface area contributed by atoms with Gasteiger partial charge in [-0.3, -0.25) is 0 Å². The van der Waals surface area contributed by atoms with Gasteiger partial charge in [-0.15, -0.1) is 0 Å². The van der Waals surface area contributed by atoms with Gasteiger partial charge in [0.2, 0.25) is 5.95 Å². The molecule has 1 aromatic heterocycles. The lowest BCUT2D eigenvalue weighted by atomic mass is 10.3. The summed E-state index contributed by atoms with van der Waals surface area (Å²) in [7, 11) is 0. The van der Waals surface area contributed by atoms with Crippen molar-refractivity contribution in [1.29, 1.82) is 0 Å². The Balaban J connectivity index is 2.12. The molecule has 0 saturated heterocycles. The van der Waals surface area contributed by atoms with Gasteiger partial charge in [0.25, 0.3) is 0 Å². The third kappa shape index (κ3) is 1.76. The van der Waals surface area contributed by atoms with Crippen LogP contribution in [0.4, 0.5) is 5.95 Å². The van der Waals surface area contributed by atoms with Crippen molar-refractivity contribution in [3.63, 3.8) is 0 Å². The van der Waals surface area contributed by atoms with Crippen molar-refractivity contribution in [2.75, 3.05) is 18.5 Å². The molecular formula is C8H12N4O. The van der Waals surface area contributed by atoms with E-state index in [-0.39, 0.29) is 6.61 Å². The van der Waals surface area contributed by atoms with E-state index in [4.69, 9.17) is 5.11 Å². The van der Waals surface area contributed by atoms with Gasteiger partial charge < -0.3 is 15.7 Å². The minimum Gasteiger partial charge on any atom is -0.395 e. The van der Waals surface area contributed by atoms with Crippen LogP contribution in [-0.2, 0) is 13.1 Å². The summed E-state index contributed by atoms with van der Waals surface area (Å²) in [5.41, 5.74) is 2.21. The Morgan fingerprint density at radius 3 is 3.31 bits per heavy atom. The number of fused-ring (bicyclic) bond motifs is 1. The Morgan fingerprint density at radius 1 is 1.54 bits per heavy atom. The Bertz CT molecular complexity index is 302. The van der Waals surface area contributed by atoms with Crippen LogP contribution in [0.3, 0.4) is 0 Å². The number of rotatable bonds is 3. The fourth-order valence-electron chi connectivity index (χ4n) is 1.31. The topological polar surface area (TPSA) is 70.1 Å². The predicted octanol–water partition coefficient (Wildman–Crippen LogP) is -0.516. The quantitative estimate of drug-likeness (QED) is 0.584. The lowest BCUT2D eigenvalue weighted by Crippen LogP contribution is -2.09. The fraction of sp³-hybridized carbons (Fsp3) is 0.500. The van der Waals surface area contributed by atoms with Crippen LogP contribution in [0.15, 0.2) is 6.20 Å². The SMILES string of the molecule is OCCNc1ncc2c(n1)CNC2. The van der Waals surface area contributed by atoms with Gasteiger partial charge in [-0.2, -0.15) is 0 Å². The third-order valence-electron chi connectivity index (χ3n) is 1.96.